The van der Waals surface area contributed by atoms with Gasteiger partial charge in [0.05, 0.1) is 0 Å². The molecule has 0 aliphatic heterocycles. The second-order valence-electron chi connectivity index (χ2n) is 4.59. The molecule has 0 aromatic heterocycles. The van der Waals surface area contributed by atoms with Crippen molar-refractivity contribution in [3.63, 3.8) is 0 Å². The highest BCUT2D eigenvalue weighted by molar-refractivity contribution is 5.77. The first-order valence-electron chi connectivity index (χ1n) is 6.61. The molecule has 0 heterocycles. The summed E-state index contributed by atoms with van der Waals surface area (Å²) in [5.74, 6) is 1.24. The van der Waals surface area contributed by atoms with E-state index in [0.717, 1.165) is 25.1 Å². The zero-order valence-electron chi connectivity index (χ0n) is 11.5. The summed E-state index contributed by atoms with van der Waals surface area (Å²) in [6.45, 7) is 7.13. The van der Waals surface area contributed by atoms with Gasteiger partial charge in [-0.05, 0) is 25.0 Å². The Labute approximate surface area is 110 Å². The Morgan fingerprint density at radius 1 is 1.22 bits per heavy atom. The summed E-state index contributed by atoms with van der Waals surface area (Å²) in [4.78, 5) is 11.6. The molecule has 1 aromatic rings. The van der Waals surface area contributed by atoms with Gasteiger partial charge in [0.1, 0.15) is 5.75 Å². The Bertz CT molecular complexity index is 355. The smallest absolute Gasteiger partial charge is 0.257 e. The molecule has 18 heavy (non-hydrogen) atoms. The van der Waals surface area contributed by atoms with E-state index in [-0.39, 0.29) is 12.5 Å². The summed E-state index contributed by atoms with van der Waals surface area (Å²) in [6, 6.07) is 7.70. The molecule has 0 atom stereocenters. The highest BCUT2D eigenvalue weighted by atomic mass is 16.5. The standard InChI is InChI=1S/C15H23NO2/c1-4-13(5-2)10-16-15(17)11-18-14-8-6-12(3)7-9-14/h6-9,13H,4-5,10-11H2,1-3H3,(H,16,17). The van der Waals surface area contributed by atoms with Crippen LogP contribution in [0, 0.1) is 12.8 Å². The van der Waals surface area contributed by atoms with Crippen molar-refractivity contribution in [3.05, 3.63) is 29.8 Å². The van der Waals surface area contributed by atoms with Gasteiger partial charge in [0.2, 0.25) is 0 Å². The van der Waals surface area contributed by atoms with E-state index in [0.29, 0.717) is 5.92 Å². The van der Waals surface area contributed by atoms with Gasteiger partial charge in [0.15, 0.2) is 6.61 Å². The molecule has 0 unspecified atom stereocenters. The molecule has 1 N–H and O–H groups in total. The Kier molecular flexibility index (Phi) is 6.26. The molecule has 0 spiro atoms. The maximum atomic E-state index is 11.6. The van der Waals surface area contributed by atoms with Crippen molar-refractivity contribution < 1.29 is 9.53 Å². The molecular weight excluding hydrogens is 226 g/mol. The molecule has 0 fully saturated rings. The number of benzene rings is 1. The van der Waals surface area contributed by atoms with Crippen LogP contribution in [0.2, 0.25) is 0 Å². The molecular formula is C15H23NO2. The van der Waals surface area contributed by atoms with Crippen molar-refractivity contribution in [2.45, 2.75) is 33.6 Å². The molecule has 0 bridgehead atoms. The van der Waals surface area contributed by atoms with Crippen LogP contribution in [0.3, 0.4) is 0 Å². The number of aryl methyl sites for hydroxylation is 1. The highest BCUT2D eigenvalue weighted by Crippen LogP contribution is 2.11. The summed E-state index contributed by atoms with van der Waals surface area (Å²) in [6.07, 6.45) is 2.19. The summed E-state index contributed by atoms with van der Waals surface area (Å²) >= 11 is 0. The predicted molar refractivity (Wildman–Crippen MR) is 73.8 cm³/mol. The van der Waals surface area contributed by atoms with E-state index < -0.39 is 0 Å². The van der Waals surface area contributed by atoms with Crippen molar-refractivity contribution in [2.24, 2.45) is 5.92 Å². The van der Waals surface area contributed by atoms with Crippen LogP contribution in [0.4, 0.5) is 0 Å². The zero-order chi connectivity index (χ0) is 13.4. The van der Waals surface area contributed by atoms with E-state index in [2.05, 4.69) is 19.2 Å². The van der Waals surface area contributed by atoms with Gasteiger partial charge in [0.25, 0.3) is 5.91 Å². The summed E-state index contributed by atoms with van der Waals surface area (Å²) < 4.78 is 5.41. The number of rotatable bonds is 7. The fourth-order valence-electron chi connectivity index (χ4n) is 1.67. The minimum atomic E-state index is -0.0533. The van der Waals surface area contributed by atoms with E-state index in [1.807, 2.05) is 31.2 Å². The molecule has 0 saturated carbocycles. The van der Waals surface area contributed by atoms with Gasteiger partial charge in [-0.1, -0.05) is 44.4 Å². The Balaban J connectivity index is 2.26. The van der Waals surface area contributed by atoms with E-state index in [9.17, 15) is 4.79 Å². The predicted octanol–water partition coefficient (Wildman–Crippen LogP) is 2.93. The second-order valence-corrected chi connectivity index (χ2v) is 4.59. The molecule has 0 radical (unpaired) electrons. The first-order valence-corrected chi connectivity index (χ1v) is 6.61. The molecule has 0 aliphatic rings. The third-order valence-corrected chi connectivity index (χ3v) is 3.13. The van der Waals surface area contributed by atoms with Gasteiger partial charge in [-0.15, -0.1) is 0 Å². The fraction of sp³-hybridized carbons (Fsp3) is 0.533. The molecule has 100 valence electrons. The number of hydrogen-bond donors (Lipinski definition) is 1. The van der Waals surface area contributed by atoms with E-state index >= 15 is 0 Å². The normalized spacial score (nSPS) is 10.4. The van der Waals surface area contributed by atoms with Crippen LogP contribution in [0.5, 0.6) is 5.75 Å². The molecule has 1 rings (SSSR count). The maximum Gasteiger partial charge on any atom is 0.257 e. The lowest BCUT2D eigenvalue weighted by atomic mass is 10.0. The van der Waals surface area contributed by atoms with Crippen molar-refractivity contribution in [1.82, 2.24) is 5.32 Å². The van der Waals surface area contributed by atoms with Gasteiger partial charge in [-0.2, -0.15) is 0 Å². The Hall–Kier alpha value is -1.51. The van der Waals surface area contributed by atoms with Crippen LogP contribution in [0.15, 0.2) is 24.3 Å². The molecule has 3 heteroatoms. The van der Waals surface area contributed by atoms with Gasteiger partial charge in [0, 0.05) is 6.54 Å². The van der Waals surface area contributed by atoms with Crippen molar-refractivity contribution in [2.75, 3.05) is 13.2 Å². The van der Waals surface area contributed by atoms with E-state index in [1.165, 1.54) is 5.56 Å². The molecule has 1 aromatic carbocycles. The monoisotopic (exact) mass is 249 g/mol. The molecule has 0 aliphatic carbocycles. The topological polar surface area (TPSA) is 38.3 Å². The Morgan fingerprint density at radius 2 is 1.83 bits per heavy atom. The number of carbonyl (C=O) groups is 1. The first kappa shape index (κ1) is 14.6. The molecule has 1 amide bonds. The minimum Gasteiger partial charge on any atom is -0.484 e. The first-order chi connectivity index (χ1) is 8.65. The lowest BCUT2D eigenvalue weighted by molar-refractivity contribution is -0.123. The lowest BCUT2D eigenvalue weighted by Crippen LogP contribution is -2.32. The largest absolute Gasteiger partial charge is 0.484 e. The third kappa shape index (κ3) is 5.21. The van der Waals surface area contributed by atoms with E-state index in [4.69, 9.17) is 4.74 Å². The third-order valence-electron chi connectivity index (χ3n) is 3.13. The minimum absolute atomic E-state index is 0.0533. The average molecular weight is 249 g/mol. The van der Waals surface area contributed by atoms with Gasteiger partial charge in [-0.3, -0.25) is 4.79 Å². The summed E-state index contributed by atoms with van der Waals surface area (Å²) in [5, 5.41) is 2.90. The van der Waals surface area contributed by atoms with Gasteiger partial charge >= 0.3 is 0 Å². The van der Waals surface area contributed by atoms with Crippen molar-refractivity contribution >= 4 is 5.91 Å². The van der Waals surface area contributed by atoms with Gasteiger partial charge < -0.3 is 10.1 Å². The zero-order valence-corrected chi connectivity index (χ0v) is 11.5. The van der Waals surface area contributed by atoms with Crippen LogP contribution in [0.25, 0.3) is 0 Å². The van der Waals surface area contributed by atoms with Crippen molar-refractivity contribution in [3.8, 4) is 5.75 Å². The number of carbonyl (C=O) groups excluding carboxylic acids is 1. The number of amides is 1. The lowest BCUT2D eigenvalue weighted by Gasteiger charge is -2.13. The molecule has 0 saturated heterocycles. The fourth-order valence-corrected chi connectivity index (χ4v) is 1.67. The van der Waals surface area contributed by atoms with Crippen LogP contribution in [0.1, 0.15) is 32.3 Å². The second kappa shape index (κ2) is 7.75. The van der Waals surface area contributed by atoms with Crippen LogP contribution >= 0.6 is 0 Å². The van der Waals surface area contributed by atoms with Crippen molar-refractivity contribution in [1.29, 1.82) is 0 Å². The molecule has 3 nitrogen and oxygen atoms in total. The average Bonchev–Trinajstić information content (AvgIpc) is 2.39. The summed E-state index contributed by atoms with van der Waals surface area (Å²) in [7, 11) is 0. The number of ether oxygens (including phenoxy) is 1. The summed E-state index contributed by atoms with van der Waals surface area (Å²) in [5.41, 5.74) is 1.18. The quantitative estimate of drug-likeness (QED) is 0.807. The Morgan fingerprint density at radius 3 is 2.39 bits per heavy atom. The number of nitrogens with one attached hydrogen (secondary N) is 1. The van der Waals surface area contributed by atoms with Gasteiger partial charge in [-0.25, -0.2) is 0 Å². The number of hydrogen-bond acceptors (Lipinski definition) is 2. The van der Waals surface area contributed by atoms with Crippen LogP contribution in [-0.4, -0.2) is 19.1 Å². The van der Waals surface area contributed by atoms with Crippen LogP contribution < -0.4 is 10.1 Å². The SMILES string of the molecule is CCC(CC)CNC(=O)COc1ccc(C)cc1. The van der Waals surface area contributed by atoms with Crippen LogP contribution in [-0.2, 0) is 4.79 Å². The maximum absolute atomic E-state index is 11.6. The van der Waals surface area contributed by atoms with E-state index in [1.54, 1.807) is 0 Å². The highest BCUT2D eigenvalue weighted by Gasteiger charge is 2.07.